The quantitative estimate of drug-likeness (QED) is 0.645. The number of nitrogens with two attached hydrogens (primary N) is 1. The maximum Gasteiger partial charge on any atom is 0.239 e. The molecule has 2 rings (SSSR count). The first kappa shape index (κ1) is 11.6. The summed E-state index contributed by atoms with van der Waals surface area (Å²) in [5, 5.41) is 0.468. The van der Waals surface area contributed by atoms with E-state index in [0.29, 0.717) is 16.8 Å². The van der Waals surface area contributed by atoms with Crippen LogP contribution in [0.4, 0.5) is 17.5 Å². The van der Waals surface area contributed by atoms with E-state index >= 15 is 0 Å². The fourth-order valence-electron chi connectivity index (χ4n) is 1.44. The Morgan fingerprint density at radius 1 is 1.29 bits per heavy atom. The Labute approximate surface area is 104 Å². The van der Waals surface area contributed by atoms with Gasteiger partial charge in [-0.15, -0.1) is 0 Å². The lowest BCUT2D eigenvalue weighted by atomic mass is 10.3. The molecule has 0 fully saturated rings. The van der Waals surface area contributed by atoms with Crippen molar-refractivity contribution in [3.63, 3.8) is 0 Å². The summed E-state index contributed by atoms with van der Waals surface area (Å²) in [6, 6.07) is 9.78. The van der Waals surface area contributed by atoms with Gasteiger partial charge >= 0.3 is 0 Å². The second-order valence-corrected chi connectivity index (χ2v) is 3.81. The fourth-order valence-corrected chi connectivity index (χ4v) is 1.65. The lowest BCUT2D eigenvalue weighted by Crippen LogP contribution is -2.15. The number of aromatic nitrogens is 2. The monoisotopic (exact) mass is 249 g/mol. The van der Waals surface area contributed by atoms with E-state index < -0.39 is 0 Å². The summed E-state index contributed by atoms with van der Waals surface area (Å²) >= 11 is 6.06. The van der Waals surface area contributed by atoms with E-state index in [1.807, 2.05) is 42.3 Å². The van der Waals surface area contributed by atoms with E-state index in [1.54, 1.807) is 0 Å². The molecule has 0 saturated heterocycles. The molecule has 0 spiro atoms. The van der Waals surface area contributed by atoms with Crippen molar-refractivity contribution in [3.05, 3.63) is 41.6 Å². The van der Waals surface area contributed by atoms with E-state index in [0.717, 1.165) is 5.69 Å². The first-order valence-electron chi connectivity index (χ1n) is 5.00. The number of nitrogen functional groups attached to an aromatic ring is 1. The molecule has 0 aliphatic heterocycles. The average Bonchev–Trinajstić information content (AvgIpc) is 2.39. The molecule has 1 aromatic heterocycles. The topological polar surface area (TPSA) is 67.1 Å². The number of nitrogens with zero attached hydrogens (tertiary/aromatic N) is 3. The Morgan fingerprint density at radius 2 is 2.00 bits per heavy atom. The molecular formula is C11H12ClN5. The molecule has 6 heteroatoms. The minimum atomic E-state index is 0.326. The number of hydrogen-bond acceptors (Lipinski definition) is 5. The minimum Gasteiger partial charge on any atom is -0.328 e. The molecule has 17 heavy (non-hydrogen) atoms. The first-order chi connectivity index (χ1) is 8.22. The summed E-state index contributed by atoms with van der Waals surface area (Å²) in [4.78, 5) is 10.0. The van der Waals surface area contributed by atoms with Crippen molar-refractivity contribution in [1.82, 2.24) is 9.97 Å². The van der Waals surface area contributed by atoms with Gasteiger partial charge in [-0.1, -0.05) is 29.8 Å². The third-order valence-corrected chi connectivity index (χ3v) is 2.58. The predicted octanol–water partition coefficient (Wildman–Crippen LogP) is 2.18. The summed E-state index contributed by atoms with van der Waals surface area (Å²) in [6.45, 7) is 0. The van der Waals surface area contributed by atoms with Crippen LogP contribution in [0.5, 0.6) is 0 Å². The van der Waals surface area contributed by atoms with Crippen molar-refractivity contribution in [2.75, 3.05) is 17.4 Å². The van der Waals surface area contributed by atoms with Gasteiger partial charge in [0.15, 0.2) is 5.82 Å². The molecule has 88 valence electrons. The smallest absolute Gasteiger partial charge is 0.239 e. The van der Waals surface area contributed by atoms with Gasteiger partial charge in [0.25, 0.3) is 0 Å². The van der Waals surface area contributed by atoms with Gasteiger partial charge in [-0.05, 0) is 12.1 Å². The second kappa shape index (κ2) is 4.99. The number of para-hydroxylation sites is 1. The van der Waals surface area contributed by atoms with Gasteiger partial charge in [0, 0.05) is 12.7 Å². The number of hydrazine groups is 1. The molecule has 0 saturated carbocycles. The Balaban J connectivity index is 2.40. The summed E-state index contributed by atoms with van der Waals surface area (Å²) in [5.41, 5.74) is 3.38. The number of benzene rings is 1. The minimum absolute atomic E-state index is 0.326. The Kier molecular flexibility index (Phi) is 3.41. The largest absolute Gasteiger partial charge is 0.328 e. The third-order valence-electron chi connectivity index (χ3n) is 2.32. The summed E-state index contributed by atoms with van der Waals surface area (Å²) in [5.74, 6) is 6.20. The van der Waals surface area contributed by atoms with Crippen molar-refractivity contribution in [2.45, 2.75) is 0 Å². The molecule has 0 amide bonds. The highest BCUT2D eigenvalue weighted by molar-refractivity contribution is 6.33. The van der Waals surface area contributed by atoms with E-state index in [2.05, 4.69) is 15.4 Å². The molecule has 2 aromatic rings. The second-order valence-electron chi connectivity index (χ2n) is 3.40. The van der Waals surface area contributed by atoms with E-state index in [4.69, 9.17) is 17.4 Å². The summed E-state index contributed by atoms with van der Waals surface area (Å²) < 4.78 is 0. The molecule has 1 aromatic carbocycles. The van der Waals surface area contributed by atoms with Crippen LogP contribution in [-0.4, -0.2) is 17.0 Å². The zero-order valence-corrected chi connectivity index (χ0v) is 10.0. The van der Waals surface area contributed by atoms with Gasteiger partial charge in [-0.2, -0.15) is 4.98 Å². The Bertz CT molecular complexity index is 502. The highest BCUT2D eigenvalue weighted by Crippen LogP contribution is 2.28. The Hall–Kier alpha value is -1.85. The van der Waals surface area contributed by atoms with Gasteiger partial charge in [0.05, 0.1) is 6.20 Å². The number of halogens is 1. The maximum atomic E-state index is 6.06. The van der Waals surface area contributed by atoms with E-state index in [9.17, 15) is 0 Å². The van der Waals surface area contributed by atoms with E-state index in [-0.39, 0.29) is 0 Å². The highest BCUT2D eigenvalue weighted by Gasteiger charge is 2.11. The van der Waals surface area contributed by atoms with Crippen LogP contribution in [0, 0.1) is 0 Å². The van der Waals surface area contributed by atoms with E-state index in [1.165, 1.54) is 6.20 Å². The van der Waals surface area contributed by atoms with Crippen LogP contribution in [0.15, 0.2) is 36.5 Å². The van der Waals surface area contributed by atoms with Crippen LogP contribution >= 0.6 is 11.6 Å². The molecule has 1 heterocycles. The first-order valence-corrected chi connectivity index (χ1v) is 5.38. The SMILES string of the molecule is CN(c1ccccc1)c1nc(NN)ncc1Cl. The molecule has 0 bridgehead atoms. The molecule has 3 N–H and O–H groups in total. The predicted molar refractivity (Wildman–Crippen MR) is 69.4 cm³/mol. The average molecular weight is 250 g/mol. The molecule has 0 atom stereocenters. The van der Waals surface area contributed by atoms with Gasteiger partial charge in [0.2, 0.25) is 5.95 Å². The van der Waals surface area contributed by atoms with Crippen LogP contribution in [0.1, 0.15) is 0 Å². The third kappa shape index (κ3) is 2.46. The van der Waals surface area contributed by atoms with Crippen LogP contribution in [-0.2, 0) is 0 Å². The molecule has 5 nitrogen and oxygen atoms in total. The van der Waals surface area contributed by atoms with Crippen molar-refractivity contribution in [3.8, 4) is 0 Å². The standard InChI is InChI=1S/C11H12ClN5/c1-17(8-5-3-2-4-6-8)10-9(12)7-14-11(15-10)16-13/h2-7H,13H2,1H3,(H,14,15,16). The van der Waals surface area contributed by atoms with Gasteiger partial charge < -0.3 is 4.90 Å². The fraction of sp³-hybridized carbons (Fsp3) is 0.0909. The zero-order chi connectivity index (χ0) is 12.3. The molecule has 0 aliphatic carbocycles. The Morgan fingerprint density at radius 3 is 2.65 bits per heavy atom. The number of rotatable bonds is 3. The van der Waals surface area contributed by atoms with Crippen molar-refractivity contribution < 1.29 is 0 Å². The zero-order valence-electron chi connectivity index (χ0n) is 9.26. The number of nitrogens with one attached hydrogen (secondary N) is 1. The summed E-state index contributed by atoms with van der Waals surface area (Å²) in [6.07, 6.45) is 1.51. The molecule has 0 radical (unpaired) electrons. The molecule has 0 unspecified atom stereocenters. The van der Waals surface area contributed by atoms with Crippen LogP contribution < -0.4 is 16.2 Å². The van der Waals surface area contributed by atoms with Crippen molar-refractivity contribution in [1.29, 1.82) is 0 Å². The summed E-state index contributed by atoms with van der Waals surface area (Å²) in [7, 11) is 1.88. The van der Waals surface area contributed by atoms with Crippen LogP contribution in [0.3, 0.4) is 0 Å². The normalized spacial score (nSPS) is 10.1. The number of hydrogen-bond donors (Lipinski definition) is 2. The van der Waals surface area contributed by atoms with Crippen molar-refractivity contribution >= 4 is 29.1 Å². The molecule has 0 aliphatic rings. The maximum absolute atomic E-state index is 6.06. The highest BCUT2D eigenvalue weighted by atomic mass is 35.5. The van der Waals surface area contributed by atoms with Gasteiger partial charge in [-0.25, -0.2) is 10.8 Å². The lowest BCUT2D eigenvalue weighted by molar-refractivity contribution is 1.06. The number of anilines is 3. The molecular weight excluding hydrogens is 238 g/mol. The lowest BCUT2D eigenvalue weighted by Gasteiger charge is -2.19. The van der Waals surface area contributed by atoms with Crippen LogP contribution in [0.2, 0.25) is 5.02 Å². The van der Waals surface area contributed by atoms with Gasteiger partial charge in [-0.3, -0.25) is 5.43 Å². The van der Waals surface area contributed by atoms with Crippen molar-refractivity contribution in [2.24, 2.45) is 5.84 Å². The van der Waals surface area contributed by atoms with Gasteiger partial charge in [0.1, 0.15) is 5.02 Å². The van der Waals surface area contributed by atoms with Crippen LogP contribution in [0.25, 0.3) is 0 Å².